The fourth-order valence-electron chi connectivity index (χ4n) is 1.76. The predicted molar refractivity (Wildman–Crippen MR) is 63.5 cm³/mol. The molecule has 5 nitrogen and oxygen atoms in total. The van der Waals surface area contributed by atoms with Crippen LogP contribution in [0.25, 0.3) is 0 Å². The Kier molecular flexibility index (Phi) is 4.70. The SMILES string of the molecule is CC(C)c1noc(CN2CC[C@@H](N)C2)n1.Cl. The molecule has 1 fully saturated rings. The maximum atomic E-state index is 5.82. The van der Waals surface area contributed by atoms with Gasteiger partial charge in [0.25, 0.3) is 0 Å². The summed E-state index contributed by atoms with van der Waals surface area (Å²) in [5.41, 5.74) is 5.82. The Labute approximate surface area is 102 Å². The molecule has 0 radical (unpaired) electrons. The second-order valence-corrected chi connectivity index (χ2v) is 4.48. The van der Waals surface area contributed by atoms with Crippen molar-refractivity contribution in [1.82, 2.24) is 15.0 Å². The third-order valence-electron chi connectivity index (χ3n) is 2.67. The highest BCUT2D eigenvalue weighted by Gasteiger charge is 2.21. The summed E-state index contributed by atoms with van der Waals surface area (Å²) in [6, 6.07) is 0.303. The molecule has 1 aromatic rings. The van der Waals surface area contributed by atoms with Gasteiger partial charge in [-0.2, -0.15) is 4.98 Å². The Balaban J connectivity index is 0.00000128. The molecule has 0 bridgehead atoms. The molecule has 16 heavy (non-hydrogen) atoms. The summed E-state index contributed by atoms with van der Waals surface area (Å²) in [5, 5.41) is 3.93. The zero-order valence-electron chi connectivity index (χ0n) is 9.72. The monoisotopic (exact) mass is 246 g/mol. The van der Waals surface area contributed by atoms with Gasteiger partial charge in [0.15, 0.2) is 5.82 Å². The highest BCUT2D eigenvalue weighted by atomic mass is 35.5. The molecule has 0 saturated carbocycles. The van der Waals surface area contributed by atoms with Crippen LogP contribution in [0.2, 0.25) is 0 Å². The third-order valence-corrected chi connectivity index (χ3v) is 2.67. The van der Waals surface area contributed by atoms with Gasteiger partial charge in [-0.05, 0) is 6.42 Å². The first-order valence-corrected chi connectivity index (χ1v) is 5.45. The molecule has 2 N–H and O–H groups in total. The van der Waals surface area contributed by atoms with E-state index in [2.05, 4.69) is 28.9 Å². The van der Waals surface area contributed by atoms with Crippen LogP contribution in [0, 0.1) is 0 Å². The lowest BCUT2D eigenvalue weighted by Gasteiger charge is -2.10. The van der Waals surface area contributed by atoms with E-state index >= 15 is 0 Å². The van der Waals surface area contributed by atoms with E-state index in [0.717, 1.165) is 31.9 Å². The lowest BCUT2D eigenvalue weighted by atomic mass is 10.2. The summed E-state index contributed by atoms with van der Waals surface area (Å²) in [7, 11) is 0. The van der Waals surface area contributed by atoms with Gasteiger partial charge < -0.3 is 10.3 Å². The Morgan fingerprint density at radius 2 is 2.31 bits per heavy atom. The zero-order chi connectivity index (χ0) is 10.8. The van der Waals surface area contributed by atoms with E-state index in [-0.39, 0.29) is 12.4 Å². The van der Waals surface area contributed by atoms with Crippen LogP contribution in [0.5, 0.6) is 0 Å². The first-order valence-electron chi connectivity index (χ1n) is 5.45. The molecule has 1 atom stereocenters. The minimum absolute atomic E-state index is 0. The van der Waals surface area contributed by atoms with E-state index in [1.165, 1.54) is 0 Å². The van der Waals surface area contributed by atoms with Crippen LogP contribution in [0.15, 0.2) is 4.52 Å². The second kappa shape index (κ2) is 5.61. The minimum Gasteiger partial charge on any atom is -0.338 e. The van der Waals surface area contributed by atoms with Crippen molar-refractivity contribution < 1.29 is 4.52 Å². The molecular weight excluding hydrogens is 228 g/mol. The first-order chi connectivity index (χ1) is 7.15. The Bertz CT molecular complexity index is 328. The lowest BCUT2D eigenvalue weighted by molar-refractivity contribution is 0.265. The van der Waals surface area contributed by atoms with Crippen molar-refractivity contribution in [2.24, 2.45) is 5.73 Å². The van der Waals surface area contributed by atoms with E-state index in [1.54, 1.807) is 0 Å². The minimum atomic E-state index is 0. The fraction of sp³-hybridized carbons (Fsp3) is 0.800. The van der Waals surface area contributed by atoms with E-state index in [1.807, 2.05) is 0 Å². The molecular formula is C10H19ClN4O. The largest absolute Gasteiger partial charge is 0.338 e. The van der Waals surface area contributed by atoms with Crippen LogP contribution < -0.4 is 5.73 Å². The molecule has 92 valence electrons. The van der Waals surface area contributed by atoms with Crippen LogP contribution in [-0.2, 0) is 6.54 Å². The fourth-order valence-corrected chi connectivity index (χ4v) is 1.76. The molecule has 0 spiro atoms. The highest BCUT2D eigenvalue weighted by molar-refractivity contribution is 5.85. The predicted octanol–water partition coefficient (Wildman–Crippen LogP) is 1.15. The quantitative estimate of drug-likeness (QED) is 0.867. The van der Waals surface area contributed by atoms with Gasteiger partial charge in [-0.25, -0.2) is 0 Å². The van der Waals surface area contributed by atoms with Crippen LogP contribution in [0.3, 0.4) is 0 Å². The van der Waals surface area contributed by atoms with E-state index in [9.17, 15) is 0 Å². The van der Waals surface area contributed by atoms with E-state index in [0.29, 0.717) is 17.9 Å². The maximum Gasteiger partial charge on any atom is 0.240 e. The summed E-state index contributed by atoms with van der Waals surface area (Å²) < 4.78 is 5.18. The van der Waals surface area contributed by atoms with Crippen molar-refractivity contribution in [2.45, 2.75) is 38.8 Å². The number of hydrogen-bond donors (Lipinski definition) is 1. The number of hydrogen-bond acceptors (Lipinski definition) is 5. The normalized spacial score (nSPS) is 21.4. The molecule has 2 rings (SSSR count). The van der Waals surface area contributed by atoms with Gasteiger partial charge in [0.2, 0.25) is 5.89 Å². The van der Waals surface area contributed by atoms with Gasteiger partial charge in [0.05, 0.1) is 6.54 Å². The van der Waals surface area contributed by atoms with Gasteiger partial charge in [-0.15, -0.1) is 12.4 Å². The third kappa shape index (κ3) is 3.17. The highest BCUT2D eigenvalue weighted by Crippen LogP contribution is 2.13. The van der Waals surface area contributed by atoms with Crippen molar-refractivity contribution in [3.05, 3.63) is 11.7 Å². The van der Waals surface area contributed by atoms with Crippen molar-refractivity contribution in [3.8, 4) is 0 Å². The Morgan fingerprint density at radius 3 is 2.81 bits per heavy atom. The summed E-state index contributed by atoms with van der Waals surface area (Å²) in [6.07, 6.45) is 1.06. The number of rotatable bonds is 3. The topological polar surface area (TPSA) is 68.2 Å². The standard InChI is InChI=1S/C10H18N4O.ClH/c1-7(2)10-12-9(15-13-10)6-14-4-3-8(11)5-14;/h7-8H,3-6,11H2,1-2H3;1H/t8-;/m1./s1. The van der Waals surface area contributed by atoms with Gasteiger partial charge >= 0.3 is 0 Å². The van der Waals surface area contributed by atoms with Crippen molar-refractivity contribution in [1.29, 1.82) is 0 Å². The summed E-state index contributed by atoms with van der Waals surface area (Å²) in [5.74, 6) is 1.81. The van der Waals surface area contributed by atoms with Crippen LogP contribution >= 0.6 is 12.4 Å². The first kappa shape index (κ1) is 13.4. The van der Waals surface area contributed by atoms with Crippen molar-refractivity contribution >= 4 is 12.4 Å². The number of nitrogens with two attached hydrogens (primary N) is 1. The molecule has 2 heterocycles. The van der Waals surface area contributed by atoms with Gasteiger partial charge in [-0.1, -0.05) is 19.0 Å². The Morgan fingerprint density at radius 1 is 1.56 bits per heavy atom. The maximum absolute atomic E-state index is 5.82. The summed E-state index contributed by atoms with van der Waals surface area (Å²) >= 11 is 0. The van der Waals surface area contributed by atoms with Crippen LogP contribution in [-0.4, -0.2) is 34.2 Å². The number of nitrogens with zero attached hydrogens (tertiary/aromatic N) is 3. The average molecular weight is 247 g/mol. The molecule has 1 aliphatic rings. The number of likely N-dealkylation sites (tertiary alicyclic amines) is 1. The van der Waals surface area contributed by atoms with Gasteiger partial charge in [-0.3, -0.25) is 4.90 Å². The van der Waals surface area contributed by atoms with E-state index in [4.69, 9.17) is 10.3 Å². The smallest absolute Gasteiger partial charge is 0.240 e. The van der Waals surface area contributed by atoms with E-state index < -0.39 is 0 Å². The zero-order valence-corrected chi connectivity index (χ0v) is 10.5. The molecule has 6 heteroatoms. The molecule has 0 amide bonds. The van der Waals surface area contributed by atoms with Crippen molar-refractivity contribution in [2.75, 3.05) is 13.1 Å². The molecule has 1 aromatic heterocycles. The van der Waals surface area contributed by atoms with Gasteiger partial charge in [0, 0.05) is 25.0 Å². The number of halogens is 1. The molecule has 0 unspecified atom stereocenters. The Hall–Kier alpha value is -0.650. The molecule has 1 aliphatic heterocycles. The molecule has 0 aromatic carbocycles. The summed E-state index contributed by atoms with van der Waals surface area (Å²) in [4.78, 5) is 6.59. The molecule has 0 aliphatic carbocycles. The van der Waals surface area contributed by atoms with Crippen molar-refractivity contribution in [3.63, 3.8) is 0 Å². The van der Waals surface area contributed by atoms with Crippen LogP contribution in [0.4, 0.5) is 0 Å². The average Bonchev–Trinajstić information content (AvgIpc) is 2.76. The number of aromatic nitrogens is 2. The second-order valence-electron chi connectivity index (χ2n) is 4.48. The summed E-state index contributed by atoms with van der Waals surface area (Å²) in [6.45, 7) is 6.80. The van der Waals surface area contributed by atoms with Crippen LogP contribution in [0.1, 0.15) is 37.9 Å². The molecule has 1 saturated heterocycles. The van der Waals surface area contributed by atoms with Gasteiger partial charge in [0.1, 0.15) is 0 Å². The lowest BCUT2D eigenvalue weighted by Crippen LogP contribution is -2.26.